The summed E-state index contributed by atoms with van der Waals surface area (Å²) < 4.78 is 26.9. The predicted molar refractivity (Wildman–Crippen MR) is 84.8 cm³/mol. The lowest BCUT2D eigenvalue weighted by molar-refractivity contribution is 0.314. The molecule has 1 aliphatic rings. The molecule has 1 fully saturated rings. The van der Waals surface area contributed by atoms with E-state index in [1.165, 1.54) is 6.26 Å². The van der Waals surface area contributed by atoms with Crippen LogP contribution < -0.4 is 0 Å². The Morgan fingerprint density at radius 2 is 2.09 bits per heavy atom. The molecule has 6 nitrogen and oxygen atoms in total. The standard InChI is InChI=1S/C15H20N4O2S/c1-18-15(8-9-16-18)14-7-3-6-13(17-14)12-5-4-10-19(11-12)22(2,20)21/h3,6-9,12H,4-5,10-11H2,1-2H3. The Morgan fingerprint density at radius 1 is 1.27 bits per heavy atom. The number of nitrogens with zero attached hydrogens (tertiary/aromatic N) is 4. The first-order valence-electron chi connectivity index (χ1n) is 7.35. The molecule has 1 unspecified atom stereocenters. The molecule has 0 amide bonds. The van der Waals surface area contributed by atoms with Crippen LogP contribution in [-0.2, 0) is 17.1 Å². The fourth-order valence-electron chi connectivity index (χ4n) is 2.93. The van der Waals surface area contributed by atoms with E-state index in [9.17, 15) is 8.42 Å². The number of pyridine rings is 1. The zero-order valence-electron chi connectivity index (χ0n) is 12.8. The zero-order valence-corrected chi connectivity index (χ0v) is 13.6. The summed E-state index contributed by atoms with van der Waals surface area (Å²) in [5.41, 5.74) is 2.78. The minimum atomic E-state index is -3.14. The highest BCUT2D eigenvalue weighted by Gasteiger charge is 2.27. The Balaban J connectivity index is 1.88. The first kappa shape index (κ1) is 15.2. The van der Waals surface area contributed by atoms with Gasteiger partial charge in [-0.05, 0) is 31.0 Å². The second-order valence-electron chi connectivity index (χ2n) is 5.75. The third-order valence-corrected chi connectivity index (χ3v) is 5.40. The minimum absolute atomic E-state index is 0.150. The molecule has 118 valence electrons. The van der Waals surface area contributed by atoms with Gasteiger partial charge in [-0.25, -0.2) is 12.7 Å². The average Bonchev–Trinajstić information content (AvgIpc) is 2.93. The molecule has 0 saturated carbocycles. The third-order valence-electron chi connectivity index (χ3n) is 4.13. The first-order chi connectivity index (χ1) is 10.4. The van der Waals surface area contributed by atoms with E-state index in [1.54, 1.807) is 15.2 Å². The molecule has 1 saturated heterocycles. The number of hydrogen-bond acceptors (Lipinski definition) is 4. The number of hydrogen-bond donors (Lipinski definition) is 0. The normalized spacial score (nSPS) is 20.2. The highest BCUT2D eigenvalue weighted by molar-refractivity contribution is 7.88. The summed E-state index contributed by atoms with van der Waals surface area (Å²) in [7, 11) is -1.25. The van der Waals surface area contributed by atoms with Crippen LogP contribution in [0.4, 0.5) is 0 Å². The van der Waals surface area contributed by atoms with Crippen LogP contribution in [0, 0.1) is 0 Å². The molecular formula is C15H20N4O2S. The molecule has 3 rings (SSSR count). The zero-order chi connectivity index (χ0) is 15.7. The summed E-state index contributed by atoms with van der Waals surface area (Å²) in [6, 6.07) is 7.84. The van der Waals surface area contributed by atoms with Gasteiger partial charge >= 0.3 is 0 Å². The van der Waals surface area contributed by atoms with Gasteiger partial charge in [-0.3, -0.25) is 9.67 Å². The van der Waals surface area contributed by atoms with E-state index in [0.717, 1.165) is 29.9 Å². The molecule has 1 aliphatic heterocycles. The van der Waals surface area contributed by atoms with Crippen molar-refractivity contribution in [2.24, 2.45) is 7.05 Å². The number of rotatable bonds is 3. The van der Waals surface area contributed by atoms with Crippen molar-refractivity contribution < 1.29 is 8.42 Å². The third kappa shape index (κ3) is 3.05. The maximum Gasteiger partial charge on any atom is 0.211 e. The van der Waals surface area contributed by atoms with Gasteiger partial charge in [0.15, 0.2) is 0 Å². The van der Waals surface area contributed by atoms with E-state index < -0.39 is 10.0 Å². The molecule has 0 radical (unpaired) electrons. The number of sulfonamides is 1. The highest BCUT2D eigenvalue weighted by atomic mass is 32.2. The van der Waals surface area contributed by atoms with Crippen molar-refractivity contribution in [3.05, 3.63) is 36.2 Å². The van der Waals surface area contributed by atoms with Crippen molar-refractivity contribution >= 4 is 10.0 Å². The van der Waals surface area contributed by atoms with Crippen LogP contribution in [0.2, 0.25) is 0 Å². The Kier molecular flexibility index (Phi) is 4.01. The second kappa shape index (κ2) is 5.81. The van der Waals surface area contributed by atoms with Crippen LogP contribution in [0.3, 0.4) is 0 Å². The lowest BCUT2D eigenvalue weighted by Gasteiger charge is -2.30. The van der Waals surface area contributed by atoms with Gasteiger partial charge in [-0.1, -0.05) is 6.07 Å². The van der Waals surface area contributed by atoms with E-state index in [4.69, 9.17) is 4.98 Å². The summed E-state index contributed by atoms with van der Waals surface area (Å²) in [5.74, 6) is 0.150. The van der Waals surface area contributed by atoms with E-state index in [2.05, 4.69) is 5.10 Å². The fourth-order valence-corrected chi connectivity index (χ4v) is 3.84. The van der Waals surface area contributed by atoms with Gasteiger partial charge in [-0.2, -0.15) is 5.10 Å². The Bertz CT molecular complexity index is 769. The largest absolute Gasteiger partial charge is 0.266 e. The van der Waals surface area contributed by atoms with Crippen molar-refractivity contribution in [1.29, 1.82) is 0 Å². The minimum Gasteiger partial charge on any atom is -0.266 e. The molecular weight excluding hydrogens is 300 g/mol. The monoisotopic (exact) mass is 320 g/mol. The molecule has 0 bridgehead atoms. The smallest absolute Gasteiger partial charge is 0.211 e. The Labute approximate surface area is 130 Å². The van der Waals surface area contributed by atoms with E-state index >= 15 is 0 Å². The topological polar surface area (TPSA) is 68.1 Å². The Hall–Kier alpha value is -1.73. The number of aromatic nitrogens is 3. The first-order valence-corrected chi connectivity index (χ1v) is 9.20. The molecule has 0 aromatic carbocycles. The second-order valence-corrected chi connectivity index (χ2v) is 7.73. The summed E-state index contributed by atoms with van der Waals surface area (Å²) in [6.07, 6.45) is 4.85. The summed E-state index contributed by atoms with van der Waals surface area (Å²) >= 11 is 0. The van der Waals surface area contributed by atoms with Crippen molar-refractivity contribution in [2.45, 2.75) is 18.8 Å². The summed E-state index contributed by atoms with van der Waals surface area (Å²) in [5, 5.41) is 4.17. The van der Waals surface area contributed by atoms with E-state index in [1.807, 2.05) is 31.3 Å². The lowest BCUT2D eigenvalue weighted by atomic mass is 9.95. The van der Waals surface area contributed by atoms with E-state index in [-0.39, 0.29) is 5.92 Å². The maximum absolute atomic E-state index is 11.8. The summed E-state index contributed by atoms with van der Waals surface area (Å²) in [4.78, 5) is 4.73. The molecule has 2 aromatic heterocycles. The predicted octanol–water partition coefficient (Wildman–Crippen LogP) is 1.62. The molecule has 0 N–H and O–H groups in total. The molecule has 0 aliphatic carbocycles. The number of piperidine rings is 1. The average molecular weight is 320 g/mol. The van der Waals surface area contributed by atoms with Gasteiger partial charge in [0.05, 0.1) is 17.6 Å². The molecule has 0 spiro atoms. The van der Waals surface area contributed by atoms with Crippen LogP contribution in [0.25, 0.3) is 11.4 Å². The van der Waals surface area contributed by atoms with Crippen LogP contribution in [0.1, 0.15) is 24.5 Å². The highest BCUT2D eigenvalue weighted by Crippen LogP contribution is 2.28. The number of aryl methyl sites for hydroxylation is 1. The van der Waals surface area contributed by atoms with Crippen LogP contribution in [0.5, 0.6) is 0 Å². The van der Waals surface area contributed by atoms with Gasteiger partial charge < -0.3 is 0 Å². The molecule has 2 aromatic rings. The fraction of sp³-hybridized carbons (Fsp3) is 0.467. The molecule has 3 heterocycles. The molecule has 1 atom stereocenters. The van der Waals surface area contributed by atoms with Gasteiger partial charge in [0.2, 0.25) is 10.0 Å². The van der Waals surface area contributed by atoms with Gasteiger partial charge in [0, 0.05) is 37.9 Å². The van der Waals surface area contributed by atoms with Crippen molar-refractivity contribution in [1.82, 2.24) is 19.1 Å². The van der Waals surface area contributed by atoms with Crippen molar-refractivity contribution in [3.8, 4) is 11.4 Å². The van der Waals surface area contributed by atoms with Gasteiger partial charge in [-0.15, -0.1) is 0 Å². The lowest BCUT2D eigenvalue weighted by Crippen LogP contribution is -2.38. The Morgan fingerprint density at radius 3 is 2.77 bits per heavy atom. The SMILES string of the molecule is Cn1nccc1-c1cccc(C2CCCN(S(C)(=O)=O)C2)n1. The summed E-state index contributed by atoms with van der Waals surface area (Å²) in [6.45, 7) is 1.12. The van der Waals surface area contributed by atoms with Gasteiger partial charge in [0.25, 0.3) is 0 Å². The van der Waals surface area contributed by atoms with Crippen LogP contribution >= 0.6 is 0 Å². The van der Waals surface area contributed by atoms with Crippen LogP contribution in [-0.4, -0.2) is 46.8 Å². The van der Waals surface area contributed by atoms with E-state index in [0.29, 0.717) is 13.1 Å². The molecule has 22 heavy (non-hydrogen) atoms. The van der Waals surface area contributed by atoms with Crippen LogP contribution in [0.15, 0.2) is 30.5 Å². The van der Waals surface area contributed by atoms with Crippen molar-refractivity contribution in [2.75, 3.05) is 19.3 Å². The van der Waals surface area contributed by atoms with Gasteiger partial charge in [0.1, 0.15) is 0 Å². The quantitative estimate of drug-likeness (QED) is 0.862. The molecule has 7 heteroatoms. The maximum atomic E-state index is 11.8. The van der Waals surface area contributed by atoms with Crippen molar-refractivity contribution in [3.63, 3.8) is 0 Å².